The lowest BCUT2D eigenvalue weighted by atomic mass is 10.1. The van der Waals surface area contributed by atoms with Crippen molar-refractivity contribution in [3.05, 3.63) is 29.3 Å². The highest BCUT2D eigenvalue weighted by Gasteiger charge is 2.27. The third-order valence-electron chi connectivity index (χ3n) is 2.43. The molecule has 0 spiro atoms. The molecule has 0 bridgehead atoms. The Morgan fingerprint density at radius 1 is 1.50 bits per heavy atom. The van der Waals surface area contributed by atoms with Gasteiger partial charge in [0.25, 0.3) is 0 Å². The lowest BCUT2D eigenvalue weighted by molar-refractivity contribution is -0.136. The average Bonchev–Trinajstić information content (AvgIpc) is 2.30. The van der Waals surface area contributed by atoms with E-state index in [4.69, 9.17) is 10.4 Å². The molecule has 18 heavy (non-hydrogen) atoms. The van der Waals surface area contributed by atoms with Crippen LogP contribution in [0.3, 0.4) is 0 Å². The van der Waals surface area contributed by atoms with Crippen LogP contribution < -0.4 is 4.72 Å². The smallest absolute Gasteiger partial charge is 0.323 e. The van der Waals surface area contributed by atoms with Gasteiger partial charge in [-0.15, -0.1) is 0 Å². The minimum Gasteiger partial charge on any atom is -0.480 e. The minimum atomic E-state index is -4.02. The van der Waals surface area contributed by atoms with Crippen molar-refractivity contribution in [2.45, 2.75) is 19.1 Å². The lowest BCUT2D eigenvalue weighted by Gasteiger charge is -2.13. The first-order chi connectivity index (χ1) is 8.27. The fourth-order valence-corrected chi connectivity index (χ4v) is 2.14. The molecule has 7 heteroatoms. The van der Waals surface area contributed by atoms with Crippen molar-refractivity contribution in [3.8, 4) is 6.07 Å². The molecule has 1 atom stereocenters. The second-order valence-electron chi connectivity index (χ2n) is 3.77. The van der Waals surface area contributed by atoms with Crippen LogP contribution in [0.25, 0.3) is 0 Å². The second kappa shape index (κ2) is 5.06. The molecule has 0 saturated carbocycles. The summed E-state index contributed by atoms with van der Waals surface area (Å²) in [5.74, 6) is -1.43. The third kappa shape index (κ3) is 2.99. The van der Waals surface area contributed by atoms with Crippen molar-refractivity contribution < 1.29 is 18.3 Å². The first kappa shape index (κ1) is 14.0. The number of rotatable bonds is 4. The number of anilines is 1. The number of benzene rings is 1. The maximum Gasteiger partial charge on any atom is 0.323 e. The minimum absolute atomic E-state index is 0.210. The molecule has 0 aromatic heterocycles. The molecule has 1 aromatic carbocycles. The van der Waals surface area contributed by atoms with E-state index < -0.39 is 21.2 Å². The molecule has 0 aliphatic rings. The van der Waals surface area contributed by atoms with Crippen LogP contribution in [0.15, 0.2) is 18.2 Å². The number of nitrogens with zero attached hydrogens (tertiary/aromatic N) is 1. The molecule has 0 amide bonds. The first-order valence-corrected chi connectivity index (χ1v) is 6.57. The van der Waals surface area contributed by atoms with Gasteiger partial charge < -0.3 is 5.11 Å². The summed E-state index contributed by atoms with van der Waals surface area (Å²) in [5, 5.41) is 15.9. The van der Waals surface area contributed by atoms with Crippen molar-refractivity contribution in [2.24, 2.45) is 0 Å². The maximum atomic E-state index is 11.7. The topological polar surface area (TPSA) is 107 Å². The van der Waals surface area contributed by atoms with E-state index in [-0.39, 0.29) is 5.69 Å². The van der Waals surface area contributed by atoms with Gasteiger partial charge >= 0.3 is 5.97 Å². The molecule has 1 aromatic rings. The van der Waals surface area contributed by atoms with E-state index in [2.05, 4.69) is 4.72 Å². The van der Waals surface area contributed by atoms with Gasteiger partial charge in [-0.25, -0.2) is 8.42 Å². The molecule has 0 heterocycles. The van der Waals surface area contributed by atoms with Gasteiger partial charge in [-0.1, -0.05) is 6.07 Å². The van der Waals surface area contributed by atoms with Crippen LogP contribution in [0.2, 0.25) is 0 Å². The van der Waals surface area contributed by atoms with Gasteiger partial charge in [0.1, 0.15) is 0 Å². The number of carbonyl (C=O) groups is 1. The molecule has 0 aliphatic heterocycles. The zero-order valence-corrected chi connectivity index (χ0v) is 10.7. The van der Waals surface area contributed by atoms with Gasteiger partial charge in [0.05, 0.1) is 17.3 Å². The lowest BCUT2D eigenvalue weighted by Crippen LogP contribution is -2.32. The largest absolute Gasteiger partial charge is 0.480 e. The molecular weight excluding hydrogens is 256 g/mol. The Labute approximate surface area is 105 Å². The Balaban J connectivity index is 3.12. The van der Waals surface area contributed by atoms with Gasteiger partial charge in [0.15, 0.2) is 5.25 Å². The highest BCUT2D eigenvalue weighted by Crippen LogP contribution is 2.19. The molecular formula is C11H12N2O4S. The average molecular weight is 268 g/mol. The summed E-state index contributed by atoms with van der Waals surface area (Å²) in [5.41, 5.74) is 1.11. The zero-order valence-electron chi connectivity index (χ0n) is 9.84. The van der Waals surface area contributed by atoms with E-state index in [1.54, 1.807) is 19.1 Å². The van der Waals surface area contributed by atoms with E-state index >= 15 is 0 Å². The number of sulfonamides is 1. The van der Waals surface area contributed by atoms with Gasteiger partial charge in [-0.3, -0.25) is 9.52 Å². The van der Waals surface area contributed by atoms with Crippen molar-refractivity contribution >= 4 is 21.7 Å². The highest BCUT2D eigenvalue weighted by atomic mass is 32.2. The number of hydrogen-bond acceptors (Lipinski definition) is 4. The first-order valence-electron chi connectivity index (χ1n) is 5.03. The fourth-order valence-electron chi connectivity index (χ4n) is 1.18. The molecule has 1 unspecified atom stereocenters. The number of aliphatic carboxylic acids is 1. The van der Waals surface area contributed by atoms with Crippen LogP contribution in [0, 0.1) is 18.3 Å². The van der Waals surface area contributed by atoms with Crippen LogP contribution in [-0.2, 0) is 14.8 Å². The fraction of sp³-hybridized carbons (Fsp3) is 0.273. The van der Waals surface area contributed by atoms with E-state index in [1.807, 2.05) is 6.07 Å². The van der Waals surface area contributed by atoms with Crippen molar-refractivity contribution in [1.82, 2.24) is 0 Å². The second-order valence-corrected chi connectivity index (χ2v) is 5.77. The summed E-state index contributed by atoms with van der Waals surface area (Å²) in [6.45, 7) is 2.73. The van der Waals surface area contributed by atoms with Crippen LogP contribution in [-0.4, -0.2) is 24.7 Å². The summed E-state index contributed by atoms with van der Waals surface area (Å²) >= 11 is 0. The molecule has 2 N–H and O–H groups in total. The number of nitriles is 1. The van der Waals surface area contributed by atoms with Gasteiger partial charge in [0, 0.05) is 0 Å². The summed E-state index contributed by atoms with van der Waals surface area (Å²) in [6, 6.07) is 6.38. The zero-order chi connectivity index (χ0) is 13.9. The van der Waals surface area contributed by atoms with E-state index in [1.165, 1.54) is 6.07 Å². The number of aryl methyl sites for hydroxylation is 1. The van der Waals surface area contributed by atoms with Gasteiger partial charge in [-0.2, -0.15) is 5.26 Å². The van der Waals surface area contributed by atoms with Crippen molar-refractivity contribution in [3.63, 3.8) is 0 Å². The summed E-state index contributed by atoms with van der Waals surface area (Å²) in [4.78, 5) is 10.7. The van der Waals surface area contributed by atoms with Crippen molar-refractivity contribution in [1.29, 1.82) is 5.26 Å². The van der Waals surface area contributed by atoms with Crippen LogP contribution in [0.1, 0.15) is 18.1 Å². The standard InChI is InChI=1S/C11H12N2O4S/c1-7-3-4-9(6-12)5-10(7)13-18(16,17)8(2)11(14)15/h3-5,8,13H,1-2H3,(H,14,15). The van der Waals surface area contributed by atoms with E-state index in [9.17, 15) is 13.2 Å². The Morgan fingerprint density at radius 3 is 2.61 bits per heavy atom. The van der Waals surface area contributed by atoms with Crippen LogP contribution in [0.4, 0.5) is 5.69 Å². The molecule has 0 fully saturated rings. The summed E-state index contributed by atoms with van der Waals surface area (Å²) in [7, 11) is -4.02. The Morgan fingerprint density at radius 2 is 2.11 bits per heavy atom. The maximum absolute atomic E-state index is 11.7. The SMILES string of the molecule is Cc1ccc(C#N)cc1NS(=O)(=O)C(C)C(=O)O. The predicted octanol–water partition coefficient (Wildman–Crippen LogP) is 1.08. The molecule has 6 nitrogen and oxygen atoms in total. The Bertz CT molecular complexity index is 616. The normalized spacial score (nSPS) is 12.5. The van der Waals surface area contributed by atoms with Crippen LogP contribution in [0.5, 0.6) is 0 Å². The molecule has 0 saturated heterocycles. The van der Waals surface area contributed by atoms with Gasteiger partial charge in [-0.05, 0) is 31.5 Å². The summed E-state index contributed by atoms with van der Waals surface area (Å²) in [6.07, 6.45) is 0. The quantitative estimate of drug-likeness (QED) is 0.849. The van der Waals surface area contributed by atoms with Gasteiger partial charge in [0.2, 0.25) is 10.0 Å². The molecule has 96 valence electrons. The van der Waals surface area contributed by atoms with Crippen LogP contribution >= 0.6 is 0 Å². The summed E-state index contributed by atoms with van der Waals surface area (Å²) < 4.78 is 25.6. The van der Waals surface area contributed by atoms with Crippen molar-refractivity contribution in [2.75, 3.05) is 4.72 Å². The number of nitrogens with one attached hydrogen (secondary N) is 1. The molecule has 0 aliphatic carbocycles. The highest BCUT2D eigenvalue weighted by molar-refractivity contribution is 7.94. The predicted molar refractivity (Wildman–Crippen MR) is 65.5 cm³/mol. The van der Waals surface area contributed by atoms with E-state index in [0.29, 0.717) is 11.1 Å². The third-order valence-corrected chi connectivity index (χ3v) is 4.07. The number of hydrogen-bond donors (Lipinski definition) is 2. The van der Waals surface area contributed by atoms with E-state index in [0.717, 1.165) is 6.92 Å². The number of carboxylic acids is 1. The number of carboxylic acid groups (broad SMARTS) is 1. The molecule has 1 rings (SSSR count). The molecule has 0 radical (unpaired) electrons. The monoisotopic (exact) mass is 268 g/mol. The Kier molecular flexibility index (Phi) is 3.93. The Hall–Kier alpha value is -2.07.